The van der Waals surface area contributed by atoms with Crippen LogP contribution in [0.5, 0.6) is 5.75 Å². The topological polar surface area (TPSA) is 87.7 Å². The summed E-state index contributed by atoms with van der Waals surface area (Å²) < 4.78 is 14.8. The molecule has 1 atom stereocenters. The number of esters is 1. The van der Waals surface area contributed by atoms with E-state index in [-0.39, 0.29) is 12.2 Å². The van der Waals surface area contributed by atoms with Gasteiger partial charge in [0.1, 0.15) is 17.5 Å². The third-order valence-corrected chi connectivity index (χ3v) is 8.35. The summed E-state index contributed by atoms with van der Waals surface area (Å²) in [5.74, 6) is 0.0239. The number of methoxy groups -OCH3 is 1. The summed E-state index contributed by atoms with van der Waals surface area (Å²) in [4.78, 5) is 32.6. The number of thiazole rings is 1. The molecule has 6 rings (SSSR count). The fourth-order valence-corrected chi connectivity index (χ4v) is 6.32. The van der Waals surface area contributed by atoms with Crippen molar-refractivity contribution in [3.8, 4) is 22.7 Å². The smallest absolute Gasteiger partial charge is 0.338 e. The molecule has 1 aliphatic rings. The van der Waals surface area contributed by atoms with Crippen molar-refractivity contribution < 1.29 is 14.3 Å². The second-order valence-electron chi connectivity index (χ2n) is 9.76. The van der Waals surface area contributed by atoms with Crippen LogP contribution in [0.15, 0.2) is 106 Å². The van der Waals surface area contributed by atoms with Crippen LogP contribution in [0.4, 0.5) is 0 Å². The molecule has 1 aliphatic heterocycles. The highest BCUT2D eigenvalue weighted by atomic mass is 35.5. The Morgan fingerprint density at radius 1 is 1.05 bits per heavy atom. The van der Waals surface area contributed by atoms with Crippen molar-refractivity contribution >= 4 is 35.0 Å². The summed E-state index contributed by atoms with van der Waals surface area (Å²) in [6, 6.07) is 23.7. The largest absolute Gasteiger partial charge is 0.496 e. The predicted octanol–water partition coefficient (Wildman–Crippen LogP) is 5.31. The Balaban J connectivity index is 1.58. The maximum atomic E-state index is 14.2. The molecule has 1 unspecified atom stereocenters. The number of hydrogen-bond donors (Lipinski definition) is 0. The lowest BCUT2D eigenvalue weighted by Crippen LogP contribution is -2.40. The number of benzene rings is 3. The lowest BCUT2D eigenvalue weighted by atomic mass is 9.95. The minimum atomic E-state index is -0.781. The predicted molar refractivity (Wildman–Crippen MR) is 167 cm³/mol. The quantitative estimate of drug-likeness (QED) is 0.233. The number of hydrogen-bond acceptors (Lipinski definition) is 7. The summed E-state index contributed by atoms with van der Waals surface area (Å²) >= 11 is 7.42. The Hall–Kier alpha value is -4.73. The van der Waals surface area contributed by atoms with Gasteiger partial charge in [0.25, 0.3) is 5.56 Å². The molecule has 43 heavy (non-hydrogen) atoms. The van der Waals surface area contributed by atoms with Crippen LogP contribution >= 0.6 is 22.9 Å². The lowest BCUT2D eigenvalue weighted by molar-refractivity contribution is -0.139. The molecule has 0 fully saturated rings. The molecule has 0 saturated heterocycles. The molecular formula is C33H27ClN4O4S. The molecule has 0 N–H and O–H groups in total. The van der Waals surface area contributed by atoms with E-state index in [1.54, 1.807) is 36.3 Å². The Kier molecular flexibility index (Phi) is 7.84. The van der Waals surface area contributed by atoms with Crippen molar-refractivity contribution in [3.63, 3.8) is 0 Å². The second-order valence-corrected chi connectivity index (χ2v) is 11.2. The summed E-state index contributed by atoms with van der Waals surface area (Å²) in [5, 5.41) is 5.49. The minimum Gasteiger partial charge on any atom is -0.496 e. The van der Waals surface area contributed by atoms with Crippen LogP contribution in [0, 0.1) is 0 Å². The maximum absolute atomic E-state index is 14.2. The van der Waals surface area contributed by atoms with Crippen molar-refractivity contribution in [1.82, 2.24) is 14.3 Å². The van der Waals surface area contributed by atoms with Crippen LogP contribution in [0.25, 0.3) is 23.0 Å². The highest BCUT2D eigenvalue weighted by Crippen LogP contribution is 2.35. The van der Waals surface area contributed by atoms with Crippen LogP contribution in [0.2, 0.25) is 5.02 Å². The van der Waals surface area contributed by atoms with E-state index in [2.05, 4.69) is 0 Å². The summed E-state index contributed by atoms with van der Waals surface area (Å²) in [6.45, 7) is 3.70. The molecule has 0 aliphatic carbocycles. The SMILES string of the molecule is CCOC(=O)C1=C(C)N=c2s/c(=C\c3cn(-c4ccccc4)nc3-c3ccc(Cl)cc3)c(=O)n2C1c1ccccc1OC. The molecule has 0 bridgehead atoms. The number of carbonyl (C=O) groups is 1. The van der Waals surface area contributed by atoms with Crippen LogP contribution in [-0.2, 0) is 9.53 Å². The minimum absolute atomic E-state index is 0.192. The number of aromatic nitrogens is 3. The Morgan fingerprint density at radius 2 is 1.77 bits per heavy atom. The molecular weight excluding hydrogens is 584 g/mol. The van der Waals surface area contributed by atoms with Gasteiger partial charge in [-0.05, 0) is 50.3 Å². The molecule has 216 valence electrons. The molecule has 5 aromatic rings. The first-order valence-corrected chi connectivity index (χ1v) is 14.8. The third kappa shape index (κ3) is 5.33. The van der Waals surface area contributed by atoms with Crippen molar-refractivity contribution in [2.24, 2.45) is 4.99 Å². The van der Waals surface area contributed by atoms with E-state index in [1.165, 1.54) is 11.3 Å². The van der Waals surface area contributed by atoms with Gasteiger partial charge < -0.3 is 9.47 Å². The van der Waals surface area contributed by atoms with E-state index in [4.69, 9.17) is 31.2 Å². The summed E-state index contributed by atoms with van der Waals surface area (Å²) in [5.41, 5.74) is 4.32. The van der Waals surface area contributed by atoms with E-state index >= 15 is 0 Å². The van der Waals surface area contributed by atoms with Crippen LogP contribution < -0.4 is 19.6 Å². The number of halogens is 1. The molecule has 0 radical (unpaired) electrons. The van der Waals surface area contributed by atoms with Crippen LogP contribution in [0.3, 0.4) is 0 Å². The normalized spacial score (nSPS) is 14.8. The molecule has 10 heteroatoms. The summed E-state index contributed by atoms with van der Waals surface area (Å²) in [7, 11) is 1.56. The zero-order valence-corrected chi connectivity index (χ0v) is 25.2. The molecule has 2 aromatic heterocycles. The fraction of sp³-hybridized carbons (Fsp3) is 0.152. The van der Waals surface area contributed by atoms with Gasteiger partial charge in [-0.2, -0.15) is 5.10 Å². The lowest BCUT2D eigenvalue weighted by Gasteiger charge is -2.25. The second kappa shape index (κ2) is 11.9. The van der Waals surface area contributed by atoms with Crippen molar-refractivity contribution in [1.29, 1.82) is 0 Å². The van der Waals surface area contributed by atoms with Gasteiger partial charge >= 0.3 is 5.97 Å². The van der Waals surface area contributed by atoms with Crippen LogP contribution in [0.1, 0.15) is 31.0 Å². The highest BCUT2D eigenvalue weighted by molar-refractivity contribution is 7.07. The zero-order valence-electron chi connectivity index (χ0n) is 23.7. The number of ether oxygens (including phenoxy) is 2. The third-order valence-electron chi connectivity index (χ3n) is 7.12. The van der Waals surface area contributed by atoms with Gasteiger partial charge in [0.05, 0.1) is 35.2 Å². The van der Waals surface area contributed by atoms with Gasteiger partial charge in [-0.15, -0.1) is 0 Å². The van der Waals surface area contributed by atoms with E-state index in [0.717, 1.165) is 16.8 Å². The van der Waals surface area contributed by atoms with Gasteiger partial charge in [0, 0.05) is 27.9 Å². The number of fused-ring (bicyclic) bond motifs is 1. The van der Waals surface area contributed by atoms with E-state index < -0.39 is 12.0 Å². The highest BCUT2D eigenvalue weighted by Gasteiger charge is 2.35. The first-order valence-electron chi connectivity index (χ1n) is 13.6. The van der Waals surface area contributed by atoms with Crippen molar-refractivity contribution in [2.75, 3.05) is 13.7 Å². The zero-order chi connectivity index (χ0) is 30.1. The standard InChI is InChI=1S/C33H27ClN4O4S/c1-4-42-32(40)28-20(2)35-33-38(30(28)25-12-8-9-13-26(25)41-3)31(39)27(43-33)18-22-19-37(24-10-6-5-7-11-24)36-29(22)21-14-16-23(34)17-15-21/h5-19,30H,4H2,1-3H3/b27-18-. The molecule has 0 saturated carbocycles. The van der Waals surface area contributed by atoms with Crippen LogP contribution in [-0.4, -0.2) is 34.0 Å². The fourth-order valence-electron chi connectivity index (χ4n) is 5.16. The first-order chi connectivity index (χ1) is 20.9. The number of para-hydroxylation sites is 2. The number of allylic oxidation sites excluding steroid dienone is 1. The Bertz CT molecular complexity index is 2040. The molecule has 3 heterocycles. The molecule has 0 amide bonds. The number of nitrogens with zero attached hydrogens (tertiary/aromatic N) is 4. The van der Waals surface area contributed by atoms with Gasteiger partial charge in [-0.3, -0.25) is 9.36 Å². The maximum Gasteiger partial charge on any atom is 0.338 e. The van der Waals surface area contributed by atoms with E-state index in [1.807, 2.05) is 85.1 Å². The Labute approximate surface area is 256 Å². The van der Waals surface area contributed by atoms with Gasteiger partial charge in [-0.25, -0.2) is 14.5 Å². The number of rotatable bonds is 7. The summed E-state index contributed by atoms with van der Waals surface area (Å²) in [6.07, 6.45) is 3.72. The molecule has 0 spiro atoms. The Morgan fingerprint density at radius 3 is 2.49 bits per heavy atom. The number of carbonyl (C=O) groups excluding carboxylic acids is 1. The first kappa shape index (κ1) is 28.4. The van der Waals surface area contributed by atoms with Gasteiger partial charge in [-0.1, -0.05) is 71.5 Å². The van der Waals surface area contributed by atoms with Gasteiger partial charge in [0.15, 0.2) is 4.80 Å². The average Bonchev–Trinajstić information content (AvgIpc) is 3.58. The van der Waals surface area contributed by atoms with Crippen molar-refractivity contribution in [2.45, 2.75) is 19.9 Å². The van der Waals surface area contributed by atoms with Crippen molar-refractivity contribution in [3.05, 3.63) is 132 Å². The molecule has 3 aromatic carbocycles. The van der Waals surface area contributed by atoms with Gasteiger partial charge in [0.2, 0.25) is 0 Å². The monoisotopic (exact) mass is 610 g/mol. The average molecular weight is 611 g/mol. The van der Waals surface area contributed by atoms with E-state index in [9.17, 15) is 9.59 Å². The van der Waals surface area contributed by atoms with E-state index in [0.29, 0.717) is 42.6 Å². The molecule has 8 nitrogen and oxygen atoms in total.